The van der Waals surface area contributed by atoms with Gasteiger partial charge in [0, 0.05) is 16.1 Å². The number of anilines is 1. The van der Waals surface area contributed by atoms with Crippen LogP contribution in [0, 0.1) is 0 Å². The van der Waals surface area contributed by atoms with Crippen LogP contribution in [-0.4, -0.2) is 25.1 Å². The standard InChI is InChI=1S/C25H35ClN2O3S/c1-2-3-4-5-6-7-8-9-10-14-19-32(30,31)28-24-18-17-22(26)20-23(24)25(27-29)21-15-12-11-13-16-21/h11-13,15-18,20,28-29H,2-10,14,19H2,1H3/b27-25-. The summed E-state index contributed by atoms with van der Waals surface area (Å²) in [5.41, 5.74) is 1.69. The Hall–Kier alpha value is -2.05. The van der Waals surface area contributed by atoms with Crippen molar-refractivity contribution in [3.05, 3.63) is 64.7 Å². The normalized spacial score (nSPS) is 12.1. The molecule has 0 aliphatic rings. The zero-order chi connectivity index (χ0) is 23.2. The monoisotopic (exact) mass is 478 g/mol. The second-order valence-electron chi connectivity index (χ2n) is 8.11. The van der Waals surface area contributed by atoms with Crippen LogP contribution in [0.1, 0.15) is 82.3 Å². The predicted molar refractivity (Wildman–Crippen MR) is 135 cm³/mol. The van der Waals surface area contributed by atoms with E-state index < -0.39 is 10.0 Å². The van der Waals surface area contributed by atoms with Crippen LogP contribution in [0.15, 0.2) is 53.7 Å². The van der Waals surface area contributed by atoms with Crippen LogP contribution in [0.4, 0.5) is 5.69 Å². The summed E-state index contributed by atoms with van der Waals surface area (Å²) in [6, 6.07) is 13.9. The molecule has 0 atom stereocenters. The molecular weight excluding hydrogens is 444 g/mol. The van der Waals surface area contributed by atoms with Crippen LogP contribution in [-0.2, 0) is 10.0 Å². The summed E-state index contributed by atoms with van der Waals surface area (Å²) >= 11 is 6.14. The smallest absolute Gasteiger partial charge is 0.232 e. The van der Waals surface area contributed by atoms with Gasteiger partial charge in [0.15, 0.2) is 0 Å². The van der Waals surface area contributed by atoms with Crippen molar-refractivity contribution < 1.29 is 13.6 Å². The molecule has 2 aromatic rings. The topological polar surface area (TPSA) is 78.8 Å². The molecule has 0 bridgehead atoms. The Kier molecular flexibility index (Phi) is 11.6. The van der Waals surface area contributed by atoms with E-state index in [-0.39, 0.29) is 11.5 Å². The maximum absolute atomic E-state index is 12.7. The highest BCUT2D eigenvalue weighted by Gasteiger charge is 2.18. The minimum absolute atomic E-state index is 0.0580. The van der Waals surface area contributed by atoms with Crippen molar-refractivity contribution in [2.24, 2.45) is 5.16 Å². The van der Waals surface area contributed by atoms with Crippen molar-refractivity contribution in [3.8, 4) is 0 Å². The second-order valence-corrected chi connectivity index (χ2v) is 10.4. The van der Waals surface area contributed by atoms with E-state index in [1.807, 2.05) is 18.2 Å². The highest BCUT2D eigenvalue weighted by molar-refractivity contribution is 7.92. The van der Waals surface area contributed by atoms with Gasteiger partial charge >= 0.3 is 0 Å². The van der Waals surface area contributed by atoms with Crippen LogP contribution in [0.2, 0.25) is 5.02 Å². The van der Waals surface area contributed by atoms with Gasteiger partial charge < -0.3 is 5.21 Å². The third-order valence-corrected chi connectivity index (χ3v) is 7.01. The molecule has 0 spiro atoms. The lowest BCUT2D eigenvalue weighted by Gasteiger charge is -2.14. The molecular formula is C25H35ClN2O3S. The molecule has 32 heavy (non-hydrogen) atoms. The molecule has 5 nitrogen and oxygen atoms in total. The molecule has 0 saturated carbocycles. The minimum Gasteiger partial charge on any atom is -0.410 e. The van der Waals surface area contributed by atoms with Crippen LogP contribution < -0.4 is 4.72 Å². The summed E-state index contributed by atoms with van der Waals surface area (Å²) < 4.78 is 28.0. The molecule has 2 N–H and O–H groups in total. The molecule has 0 aliphatic heterocycles. The van der Waals surface area contributed by atoms with Gasteiger partial charge in [-0.2, -0.15) is 0 Å². The molecule has 0 fully saturated rings. The average Bonchev–Trinajstić information content (AvgIpc) is 2.78. The van der Waals surface area contributed by atoms with E-state index in [4.69, 9.17) is 11.6 Å². The van der Waals surface area contributed by atoms with Crippen molar-refractivity contribution in [3.63, 3.8) is 0 Å². The summed E-state index contributed by atoms with van der Waals surface area (Å²) in [7, 11) is -3.53. The largest absolute Gasteiger partial charge is 0.410 e. The van der Waals surface area contributed by atoms with E-state index >= 15 is 0 Å². The van der Waals surface area contributed by atoms with Crippen LogP contribution in [0.5, 0.6) is 0 Å². The molecule has 0 saturated heterocycles. The van der Waals surface area contributed by atoms with Crippen molar-refractivity contribution in [2.75, 3.05) is 10.5 Å². The highest BCUT2D eigenvalue weighted by Crippen LogP contribution is 2.25. The summed E-state index contributed by atoms with van der Waals surface area (Å²) in [6.45, 7) is 2.22. The molecule has 0 heterocycles. The van der Waals surface area contributed by atoms with Crippen molar-refractivity contribution >= 4 is 33.0 Å². The minimum atomic E-state index is -3.53. The lowest BCUT2D eigenvalue weighted by molar-refractivity contribution is 0.319. The lowest BCUT2D eigenvalue weighted by Crippen LogP contribution is -2.19. The molecule has 7 heteroatoms. The zero-order valence-corrected chi connectivity index (χ0v) is 20.5. The van der Waals surface area contributed by atoms with Crippen molar-refractivity contribution in [1.82, 2.24) is 0 Å². The van der Waals surface area contributed by atoms with E-state index in [1.54, 1.807) is 30.3 Å². The zero-order valence-electron chi connectivity index (χ0n) is 18.9. The van der Waals surface area contributed by atoms with Gasteiger partial charge in [0.1, 0.15) is 5.71 Å². The lowest BCUT2D eigenvalue weighted by atomic mass is 10.0. The Morgan fingerprint density at radius 2 is 1.50 bits per heavy atom. The predicted octanol–water partition coefficient (Wildman–Crippen LogP) is 7.23. The number of sulfonamides is 1. The first-order valence-electron chi connectivity index (χ1n) is 11.5. The summed E-state index contributed by atoms with van der Waals surface area (Å²) in [5.74, 6) is 0.0580. The van der Waals surface area contributed by atoms with Crippen molar-refractivity contribution in [1.29, 1.82) is 0 Å². The van der Waals surface area contributed by atoms with E-state index in [9.17, 15) is 13.6 Å². The number of unbranched alkanes of at least 4 members (excludes halogenated alkanes) is 9. The van der Waals surface area contributed by atoms with Crippen LogP contribution in [0.3, 0.4) is 0 Å². The Labute approximate surface area is 197 Å². The van der Waals surface area contributed by atoms with E-state index in [0.29, 0.717) is 28.3 Å². The van der Waals surface area contributed by atoms with Gasteiger partial charge in [0.05, 0.1) is 11.4 Å². The molecule has 2 aromatic carbocycles. The number of hydrogen-bond donors (Lipinski definition) is 2. The Balaban J connectivity index is 1.90. The molecule has 0 radical (unpaired) electrons. The highest BCUT2D eigenvalue weighted by atomic mass is 35.5. The number of hydrogen-bond acceptors (Lipinski definition) is 4. The van der Waals surface area contributed by atoms with E-state index in [0.717, 1.165) is 19.3 Å². The molecule has 176 valence electrons. The number of nitrogens with one attached hydrogen (secondary N) is 1. The SMILES string of the molecule is CCCCCCCCCCCCS(=O)(=O)Nc1ccc(Cl)cc1/C(=N\O)c1ccccc1. The number of halogens is 1. The fraction of sp³-hybridized carbons (Fsp3) is 0.480. The first-order valence-corrected chi connectivity index (χ1v) is 13.6. The first-order chi connectivity index (χ1) is 15.5. The Morgan fingerprint density at radius 1 is 0.906 bits per heavy atom. The maximum atomic E-state index is 12.7. The number of benzene rings is 2. The summed E-state index contributed by atoms with van der Waals surface area (Å²) in [6.07, 6.45) is 11.4. The van der Waals surface area contributed by atoms with Gasteiger partial charge in [-0.3, -0.25) is 4.72 Å². The van der Waals surface area contributed by atoms with E-state index in [1.165, 1.54) is 38.5 Å². The Morgan fingerprint density at radius 3 is 2.09 bits per heavy atom. The van der Waals surface area contributed by atoms with Gasteiger partial charge in [-0.25, -0.2) is 8.42 Å². The number of nitrogens with zero attached hydrogens (tertiary/aromatic N) is 1. The average molecular weight is 479 g/mol. The quantitative estimate of drug-likeness (QED) is 0.123. The summed E-state index contributed by atoms with van der Waals surface area (Å²) in [5, 5.41) is 13.5. The van der Waals surface area contributed by atoms with Gasteiger partial charge in [0.2, 0.25) is 10.0 Å². The summed E-state index contributed by atoms with van der Waals surface area (Å²) in [4.78, 5) is 0. The van der Waals surface area contributed by atoms with Crippen LogP contribution >= 0.6 is 11.6 Å². The second kappa shape index (κ2) is 14.2. The van der Waals surface area contributed by atoms with Crippen LogP contribution in [0.25, 0.3) is 0 Å². The van der Waals surface area contributed by atoms with Gasteiger partial charge in [0.25, 0.3) is 0 Å². The third kappa shape index (κ3) is 9.21. The molecule has 0 unspecified atom stereocenters. The number of rotatable bonds is 15. The Bertz CT molecular complexity index is 947. The first kappa shape index (κ1) is 26.2. The van der Waals surface area contributed by atoms with Gasteiger partial charge in [-0.05, 0) is 24.6 Å². The molecule has 0 amide bonds. The maximum Gasteiger partial charge on any atom is 0.232 e. The number of oxime groups is 1. The van der Waals surface area contributed by atoms with Gasteiger partial charge in [-0.1, -0.05) is 112 Å². The van der Waals surface area contributed by atoms with Gasteiger partial charge in [-0.15, -0.1) is 0 Å². The molecule has 0 aliphatic carbocycles. The fourth-order valence-corrected chi connectivity index (χ4v) is 5.03. The van der Waals surface area contributed by atoms with Crippen molar-refractivity contribution in [2.45, 2.75) is 71.1 Å². The molecule has 0 aromatic heterocycles. The van der Waals surface area contributed by atoms with E-state index in [2.05, 4.69) is 16.8 Å². The fourth-order valence-electron chi connectivity index (χ4n) is 3.66. The third-order valence-electron chi connectivity index (χ3n) is 5.42. The molecule has 2 rings (SSSR count).